The predicted octanol–water partition coefficient (Wildman–Crippen LogP) is 8.19. The summed E-state index contributed by atoms with van der Waals surface area (Å²) in [5.41, 5.74) is 6.61. The van der Waals surface area contributed by atoms with Crippen LogP contribution in [0.3, 0.4) is 0 Å². The quantitative estimate of drug-likeness (QED) is 0.102. The zero-order chi connectivity index (χ0) is 37.1. The van der Waals surface area contributed by atoms with Crippen molar-refractivity contribution in [2.75, 3.05) is 81.8 Å². The highest BCUT2D eigenvalue weighted by Crippen LogP contribution is 2.49. The van der Waals surface area contributed by atoms with E-state index in [0.717, 1.165) is 63.1 Å². The third kappa shape index (κ3) is 8.68. The molecule has 0 fully saturated rings. The molecule has 1 unspecified atom stereocenters. The van der Waals surface area contributed by atoms with Gasteiger partial charge in [-0.1, -0.05) is 36.5 Å². The van der Waals surface area contributed by atoms with Gasteiger partial charge in [0.2, 0.25) is 0 Å². The Morgan fingerprint density at radius 2 is 1.59 bits per heavy atom. The molecule has 1 aliphatic carbocycles. The fourth-order valence-electron chi connectivity index (χ4n) is 6.77. The summed E-state index contributed by atoms with van der Waals surface area (Å²) < 4.78 is 18.2. The molecular formula is C43H56N4O4. The SMILES string of the molecule is C=CCN(CC=C)c1ccc2c(c1)OC1=CC(C)(N(CC=C)CC=C)C=CC1=C2c1cc(N(C)C)c(N(CC)CCCC(=O)OCC)cc1OC. The van der Waals surface area contributed by atoms with Crippen LogP contribution in [0.25, 0.3) is 5.57 Å². The number of benzene rings is 2. The van der Waals surface area contributed by atoms with E-state index in [2.05, 4.69) is 122 Å². The first-order valence-electron chi connectivity index (χ1n) is 17.8. The molecule has 1 atom stereocenters. The molecule has 272 valence electrons. The number of allylic oxidation sites excluding steroid dienone is 1. The molecule has 1 aliphatic heterocycles. The first-order valence-corrected chi connectivity index (χ1v) is 17.8. The Kier molecular flexibility index (Phi) is 13.6. The summed E-state index contributed by atoms with van der Waals surface area (Å²) in [5, 5.41) is 0. The molecule has 1 heterocycles. The van der Waals surface area contributed by atoms with Crippen LogP contribution in [0, 0.1) is 0 Å². The summed E-state index contributed by atoms with van der Waals surface area (Å²) in [7, 11) is 5.84. The van der Waals surface area contributed by atoms with Gasteiger partial charge in [-0.2, -0.15) is 0 Å². The van der Waals surface area contributed by atoms with Crippen LogP contribution in [-0.4, -0.2) is 83.5 Å². The van der Waals surface area contributed by atoms with E-state index in [1.54, 1.807) is 7.11 Å². The van der Waals surface area contributed by atoms with Gasteiger partial charge in [0.15, 0.2) is 0 Å². The normalized spacial score (nSPS) is 15.9. The Morgan fingerprint density at radius 1 is 0.902 bits per heavy atom. The van der Waals surface area contributed by atoms with Gasteiger partial charge in [0.05, 0.1) is 30.6 Å². The molecule has 2 aromatic carbocycles. The minimum Gasteiger partial charge on any atom is -0.496 e. The van der Waals surface area contributed by atoms with Crippen LogP contribution in [0.1, 0.15) is 44.7 Å². The van der Waals surface area contributed by atoms with E-state index < -0.39 is 5.54 Å². The van der Waals surface area contributed by atoms with E-state index in [9.17, 15) is 4.79 Å². The highest BCUT2D eigenvalue weighted by Gasteiger charge is 2.35. The van der Waals surface area contributed by atoms with E-state index in [1.807, 2.05) is 31.2 Å². The van der Waals surface area contributed by atoms with Crippen molar-refractivity contribution in [2.24, 2.45) is 0 Å². The summed E-state index contributed by atoms with van der Waals surface area (Å²) >= 11 is 0. The Hall–Kier alpha value is -4.95. The van der Waals surface area contributed by atoms with Crippen molar-refractivity contribution >= 4 is 28.6 Å². The van der Waals surface area contributed by atoms with Crippen LogP contribution in [0.4, 0.5) is 17.1 Å². The minimum absolute atomic E-state index is 0.168. The smallest absolute Gasteiger partial charge is 0.305 e. The third-order valence-corrected chi connectivity index (χ3v) is 9.33. The van der Waals surface area contributed by atoms with Gasteiger partial charge in [0, 0.05) is 99.9 Å². The molecule has 0 radical (unpaired) electrons. The third-order valence-electron chi connectivity index (χ3n) is 9.33. The van der Waals surface area contributed by atoms with Crippen molar-refractivity contribution in [3.63, 3.8) is 0 Å². The van der Waals surface area contributed by atoms with Crippen molar-refractivity contribution < 1.29 is 19.0 Å². The topological polar surface area (TPSA) is 57.7 Å². The highest BCUT2D eigenvalue weighted by molar-refractivity contribution is 5.95. The summed E-state index contributed by atoms with van der Waals surface area (Å²) in [6.07, 6.45) is 15.3. The van der Waals surface area contributed by atoms with Crippen molar-refractivity contribution in [3.8, 4) is 11.5 Å². The van der Waals surface area contributed by atoms with Crippen LogP contribution in [0.5, 0.6) is 11.5 Å². The van der Waals surface area contributed by atoms with Crippen molar-refractivity contribution in [2.45, 2.75) is 39.2 Å². The van der Waals surface area contributed by atoms with Gasteiger partial charge in [-0.3, -0.25) is 9.69 Å². The zero-order valence-electron chi connectivity index (χ0n) is 31.5. The largest absolute Gasteiger partial charge is 0.496 e. The lowest BCUT2D eigenvalue weighted by Crippen LogP contribution is -2.45. The van der Waals surface area contributed by atoms with E-state index in [1.165, 1.54) is 0 Å². The Balaban J connectivity index is 1.94. The lowest BCUT2D eigenvalue weighted by Gasteiger charge is -2.40. The second-order valence-corrected chi connectivity index (χ2v) is 13.0. The molecule has 0 N–H and O–H groups in total. The number of fused-ring (bicyclic) bond motifs is 2. The number of carbonyl (C=O) groups excluding carboxylic acids is 1. The second-order valence-electron chi connectivity index (χ2n) is 13.0. The molecule has 0 saturated carbocycles. The van der Waals surface area contributed by atoms with Crippen LogP contribution in [-0.2, 0) is 9.53 Å². The lowest BCUT2D eigenvalue weighted by molar-refractivity contribution is -0.143. The molecule has 8 nitrogen and oxygen atoms in total. The number of anilines is 3. The standard InChI is InChI=1S/C43H56N4O4/c1-11-23-46(24-12-2)32-19-20-33-39(28-32)51-40-31-43(7,47(25-13-3)26-14-4)22-21-34(40)42(33)35-29-36(44(8)9)37(30-38(35)49-10)45(15-5)27-17-18-41(48)50-16-6/h11-14,19-22,28-31H,1-4,15-18,23-27H2,5-10H3. The highest BCUT2D eigenvalue weighted by atomic mass is 16.5. The number of esters is 1. The molecule has 0 spiro atoms. The molecule has 2 aromatic rings. The lowest BCUT2D eigenvalue weighted by atomic mass is 9.83. The predicted molar refractivity (Wildman–Crippen MR) is 214 cm³/mol. The van der Waals surface area contributed by atoms with Crippen LogP contribution < -0.4 is 24.2 Å². The van der Waals surface area contributed by atoms with E-state index in [4.69, 9.17) is 14.2 Å². The molecule has 0 saturated heterocycles. The van der Waals surface area contributed by atoms with Crippen LogP contribution in [0.15, 0.2) is 111 Å². The van der Waals surface area contributed by atoms with Crippen molar-refractivity contribution in [1.82, 2.24) is 4.90 Å². The fraction of sp³-hybridized carbons (Fsp3) is 0.372. The summed E-state index contributed by atoms with van der Waals surface area (Å²) in [6.45, 7) is 26.7. The van der Waals surface area contributed by atoms with Gasteiger partial charge >= 0.3 is 5.97 Å². The summed E-state index contributed by atoms with van der Waals surface area (Å²) in [6, 6.07) is 10.7. The molecule has 51 heavy (non-hydrogen) atoms. The molecule has 0 bridgehead atoms. The van der Waals surface area contributed by atoms with E-state index in [0.29, 0.717) is 52.2 Å². The van der Waals surface area contributed by atoms with Gasteiger partial charge in [0.1, 0.15) is 17.3 Å². The van der Waals surface area contributed by atoms with Crippen LogP contribution >= 0.6 is 0 Å². The van der Waals surface area contributed by atoms with Gasteiger partial charge in [0.25, 0.3) is 0 Å². The summed E-state index contributed by atoms with van der Waals surface area (Å²) in [5.74, 6) is 2.13. The fourth-order valence-corrected chi connectivity index (χ4v) is 6.77. The average Bonchev–Trinajstić information content (AvgIpc) is 3.11. The number of methoxy groups -OCH3 is 1. The molecule has 0 amide bonds. The number of ether oxygens (including phenoxy) is 3. The number of hydrogen-bond acceptors (Lipinski definition) is 8. The van der Waals surface area contributed by atoms with Gasteiger partial charge in [-0.25, -0.2) is 0 Å². The second kappa shape index (κ2) is 17.8. The van der Waals surface area contributed by atoms with E-state index in [-0.39, 0.29) is 5.97 Å². The maximum Gasteiger partial charge on any atom is 0.305 e. The van der Waals surface area contributed by atoms with Gasteiger partial charge in [-0.05, 0) is 51.5 Å². The van der Waals surface area contributed by atoms with Crippen LogP contribution in [0.2, 0.25) is 0 Å². The Labute approximate surface area is 306 Å². The number of nitrogens with zero attached hydrogens (tertiary/aromatic N) is 4. The number of carbonyl (C=O) groups is 1. The average molecular weight is 693 g/mol. The van der Waals surface area contributed by atoms with Gasteiger partial charge < -0.3 is 28.9 Å². The van der Waals surface area contributed by atoms with E-state index >= 15 is 0 Å². The molecule has 4 rings (SSSR count). The summed E-state index contributed by atoms with van der Waals surface area (Å²) in [4.78, 5) is 21.0. The van der Waals surface area contributed by atoms with Crippen molar-refractivity contribution in [3.05, 3.63) is 122 Å². The van der Waals surface area contributed by atoms with Gasteiger partial charge in [-0.15, -0.1) is 26.3 Å². The first-order chi connectivity index (χ1) is 24.6. The molecule has 0 aromatic heterocycles. The Morgan fingerprint density at radius 3 is 2.18 bits per heavy atom. The monoisotopic (exact) mass is 692 g/mol. The maximum absolute atomic E-state index is 12.1. The number of rotatable bonds is 20. The molecule has 2 aliphatic rings. The van der Waals surface area contributed by atoms with Crippen molar-refractivity contribution in [1.29, 1.82) is 0 Å². The Bertz CT molecular complexity index is 1680. The minimum atomic E-state index is -0.437. The number of hydrogen-bond donors (Lipinski definition) is 0. The zero-order valence-corrected chi connectivity index (χ0v) is 31.5. The maximum atomic E-state index is 12.1. The molecular weight excluding hydrogens is 636 g/mol. The molecule has 8 heteroatoms. The first kappa shape index (κ1) is 38.8.